The number of likely N-dealkylation sites (tertiary alicyclic amines) is 1. The molecule has 1 heterocycles. The van der Waals surface area contributed by atoms with Crippen LogP contribution in [0.2, 0.25) is 0 Å². The van der Waals surface area contributed by atoms with Gasteiger partial charge in [-0.1, -0.05) is 30.3 Å². The van der Waals surface area contributed by atoms with E-state index in [0.29, 0.717) is 24.9 Å². The van der Waals surface area contributed by atoms with E-state index in [4.69, 9.17) is 9.47 Å². The molecule has 1 aliphatic heterocycles. The highest BCUT2D eigenvalue weighted by molar-refractivity contribution is 5.70. The van der Waals surface area contributed by atoms with Gasteiger partial charge in [-0.25, -0.2) is 9.59 Å². The maximum Gasteiger partial charge on any atom is 0.410 e. The molecule has 1 aromatic carbocycles. The summed E-state index contributed by atoms with van der Waals surface area (Å²) in [5, 5.41) is 0. The second-order valence-corrected chi connectivity index (χ2v) is 7.85. The van der Waals surface area contributed by atoms with E-state index in [9.17, 15) is 9.59 Å². The van der Waals surface area contributed by atoms with E-state index in [1.54, 1.807) is 16.8 Å². The first kappa shape index (κ1) is 17.6. The van der Waals surface area contributed by atoms with Gasteiger partial charge in [0, 0.05) is 38.0 Å². The van der Waals surface area contributed by atoms with Crippen molar-refractivity contribution in [1.82, 2.24) is 9.80 Å². The fourth-order valence-electron chi connectivity index (χ4n) is 3.49. The standard InChI is InChI=1S/C19H26N2O4/c1-19(2,3)25-18(23)21-10-14-15(11-21)16(14)20(4)17(22)24-12-13-8-6-5-7-9-13/h5-9,14-16H,10-12H2,1-4H3. The quantitative estimate of drug-likeness (QED) is 0.844. The van der Waals surface area contributed by atoms with Crippen LogP contribution in [0.15, 0.2) is 30.3 Å². The van der Waals surface area contributed by atoms with E-state index in [2.05, 4.69) is 0 Å². The lowest BCUT2D eigenvalue weighted by Crippen LogP contribution is -2.40. The Morgan fingerprint density at radius 3 is 2.32 bits per heavy atom. The minimum Gasteiger partial charge on any atom is -0.445 e. The monoisotopic (exact) mass is 346 g/mol. The molecule has 0 N–H and O–H groups in total. The molecule has 6 heteroatoms. The predicted octanol–water partition coefficient (Wildman–Crippen LogP) is 3.12. The van der Waals surface area contributed by atoms with Crippen LogP contribution in [0.3, 0.4) is 0 Å². The predicted molar refractivity (Wildman–Crippen MR) is 93.0 cm³/mol. The molecule has 1 aliphatic carbocycles. The molecular weight excluding hydrogens is 320 g/mol. The van der Waals surface area contributed by atoms with Gasteiger partial charge in [-0.15, -0.1) is 0 Å². The Kier molecular flexibility index (Phi) is 4.62. The molecule has 1 saturated heterocycles. The summed E-state index contributed by atoms with van der Waals surface area (Å²) in [6, 6.07) is 9.78. The number of amides is 2. The fraction of sp³-hybridized carbons (Fsp3) is 0.579. The number of rotatable bonds is 3. The van der Waals surface area contributed by atoms with Gasteiger partial charge in [0.2, 0.25) is 0 Å². The number of carbonyl (C=O) groups excluding carboxylic acids is 2. The van der Waals surface area contributed by atoms with E-state index in [1.165, 1.54) is 0 Å². The molecule has 0 spiro atoms. The lowest BCUT2D eigenvalue weighted by molar-refractivity contribution is 0.0258. The topological polar surface area (TPSA) is 59.1 Å². The number of ether oxygens (including phenoxy) is 2. The average Bonchev–Trinajstić information content (AvgIpc) is 3.04. The molecule has 1 saturated carbocycles. The van der Waals surface area contributed by atoms with Crippen LogP contribution in [0.4, 0.5) is 9.59 Å². The lowest BCUT2D eigenvalue weighted by Gasteiger charge is -2.27. The first-order chi connectivity index (χ1) is 11.8. The first-order valence-corrected chi connectivity index (χ1v) is 8.68. The van der Waals surface area contributed by atoms with Crippen molar-refractivity contribution in [2.24, 2.45) is 11.8 Å². The summed E-state index contributed by atoms with van der Waals surface area (Å²) >= 11 is 0. The summed E-state index contributed by atoms with van der Waals surface area (Å²) in [5.41, 5.74) is 0.484. The lowest BCUT2D eigenvalue weighted by atomic mass is 10.2. The van der Waals surface area contributed by atoms with E-state index >= 15 is 0 Å². The van der Waals surface area contributed by atoms with Gasteiger partial charge in [-0.3, -0.25) is 0 Å². The van der Waals surface area contributed by atoms with Crippen LogP contribution in [0, 0.1) is 11.8 Å². The van der Waals surface area contributed by atoms with E-state index in [-0.39, 0.29) is 24.8 Å². The van der Waals surface area contributed by atoms with Gasteiger partial charge in [0.05, 0.1) is 0 Å². The van der Waals surface area contributed by atoms with Crippen molar-refractivity contribution in [2.45, 2.75) is 39.0 Å². The van der Waals surface area contributed by atoms with Crippen LogP contribution in [-0.2, 0) is 16.1 Å². The van der Waals surface area contributed by atoms with Crippen molar-refractivity contribution < 1.29 is 19.1 Å². The number of benzene rings is 1. The van der Waals surface area contributed by atoms with Crippen molar-refractivity contribution in [3.8, 4) is 0 Å². The second-order valence-electron chi connectivity index (χ2n) is 7.85. The van der Waals surface area contributed by atoms with Crippen LogP contribution in [0.25, 0.3) is 0 Å². The minimum atomic E-state index is -0.485. The molecule has 2 atom stereocenters. The zero-order valence-electron chi connectivity index (χ0n) is 15.3. The van der Waals surface area contributed by atoms with Gasteiger partial charge in [0.1, 0.15) is 12.2 Å². The zero-order chi connectivity index (χ0) is 18.2. The highest BCUT2D eigenvalue weighted by atomic mass is 16.6. The van der Waals surface area contributed by atoms with Gasteiger partial charge < -0.3 is 19.3 Å². The summed E-state index contributed by atoms with van der Waals surface area (Å²) in [7, 11) is 1.77. The van der Waals surface area contributed by atoms with Crippen LogP contribution in [0.1, 0.15) is 26.3 Å². The van der Waals surface area contributed by atoms with Crippen molar-refractivity contribution >= 4 is 12.2 Å². The number of fused-ring (bicyclic) bond motifs is 1. The fourth-order valence-corrected chi connectivity index (χ4v) is 3.49. The summed E-state index contributed by atoms with van der Waals surface area (Å²) < 4.78 is 10.8. The van der Waals surface area contributed by atoms with Crippen LogP contribution in [0.5, 0.6) is 0 Å². The molecule has 0 radical (unpaired) electrons. The molecule has 2 fully saturated rings. The molecule has 25 heavy (non-hydrogen) atoms. The molecule has 0 aromatic heterocycles. The molecule has 136 valence electrons. The number of hydrogen-bond donors (Lipinski definition) is 0. The Hall–Kier alpha value is -2.24. The highest BCUT2D eigenvalue weighted by Gasteiger charge is 2.60. The van der Waals surface area contributed by atoms with Crippen molar-refractivity contribution in [3.05, 3.63) is 35.9 Å². The van der Waals surface area contributed by atoms with Crippen LogP contribution in [-0.4, -0.2) is 53.8 Å². The highest BCUT2D eigenvalue weighted by Crippen LogP contribution is 2.48. The van der Waals surface area contributed by atoms with Crippen molar-refractivity contribution in [2.75, 3.05) is 20.1 Å². The molecule has 2 aliphatic rings. The first-order valence-electron chi connectivity index (χ1n) is 8.68. The Morgan fingerprint density at radius 1 is 1.16 bits per heavy atom. The summed E-state index contributed by atoms with van der Waals surface area (Å²) in [5.74, 6) is 0.642. The van der Waals surface area contributed by atoms with E-state index in [0.717, 1.165) is 5.56 Å². The molecule has 3 rings (SSSR count). The molecule has 0 bridgehead atoms. The van der Waals surface area contributed by atoms with Gasteiger partial charge in [-0.05, 0) is 26.3 Å². The minimum absolute atomic E-state index is 0.155. The third kappa shape index (κ3) is 4.06. The Bertz CT molecular complexity index is 629. The van der Waals surface area contributed by atoms with E-state index in [1.807, 2.05) is 51.1 Å². The maximum atomic E-state index is 12.2. The van der Waals surface area contributed by atoms with Gasteiger partial charge >= 0.3 is 12.2 Å². The smallest absolute Gasteiger partial charge is 0.410 e. The molecule has 2 amide bonds. The molecule has 2 unspecified atom stereocenters. The molecule has 6 nitrogen and oxygen atoms in total. The number of hydrogen-bond acceptors (Lipinski definition) is 4. The third-order valence-corrected chi connectivity index (χ3v) is 4.74. The summed E-state index contributed by atoms with van der Waals surface area (Å²) in [4.78, 5) is 27.7. The number of nitrogens with zero attached hydrogens (tertiary/aromatic N) is 2. The molecular formula is C19H26N2O4. The maximum absolute atomic E-state index is 12.2. The Morgan fingerprint density at radius 2 is 1.76 bits per heavy atom. The number of carbonyl (C=O) groups is 2. The van der Waals surface area contributed by atoms with Crippen molar-refractivity contribution in [1.29, 1.82) is 0 Å². The zero-order valence-corrected chi connectivity index (χ0v) is 15.3. The SMILES string of the molecule is CN(C(=O)OCc1ccccc1)C1C2CN(C(=O)OC(C)(C)C)CC21. The van der Waals surface area contributed by atoms with Gasteiger partial charge in [0.25, 0.3) is 0 Å². The summed E-state index contributed by atoms with van der Waals surface area (Å²) in [6.07, 6.45) is -0.583. The average molecular weight is 346 g/mol. The summed E-state index contributed by atoms with van der Waals surface area (Å²) in [6.45, 7) is 7.14. The van der Waals surface area contributed by atoms with Gasteiger partial charge in [-0.2, -0.15) is 0 Å². The van der Waals surface area contributed by atoms with E-state index < -0.39 is 5.60 Å². The number of piperidine rings is 1. The Labute approximate surface area is 148 Å². The third-order valence-electron chi connectivity index (χ3n) is 4.74. The second kappa shape index (κ2) is 6.58. The largest absolute Gasteiger partial charge is 0.445 e. The van der Waals surface area contributed by atoms with Gasteiger partial charge in [0.15, 0.2) is 0 Å². The normalized spacial score (nSPS) is 24.5. The van der Waals surface area contributed by atoms with Crippen LogP contribution < -0.4 is 0 Å². The van der Waals surface area contributed by atoms with Crippen molar-refractivity contribution in [3.63, 3.8) is 0 Å². The molecule has 1 aromatic rings. The Balaban J connectivity index is 1.45. The van der Waals surface area contributed by atoms with Crippen LogP contribution >= 0.6 is 0 Å².